The van der Waals surface area contributed by atoms with E-state index in [0.29, 0.717) is 31.0 Å². The number of anilines is 1. The zero-order valence-electron chi connectivity index (χ0n) is 13.8. The van der Waals surface area contributed by atoms with Gasteiger partial charge in [0.05, 0.1) is 24.5 Å². The first-order chi connectivity index (χ1) is 11.6. The Morgan fingerprint density at radius 2 is 2.00 bits per heavy atom. The summed E-state index contributed by atoms with van der Waals surface area (Å²) in [4.78, 5) is 14.8. The highest BCUT2D eigenvalue weighted by atomic mass is 16.5. The number of benzene rings is 1. The van der Waals surface area contributed by atoms with Crippen molar-refractivity contribution in [2.75, 3.05) is 18.1 Å². The predicted molar refractivity (Wildman–Crippen MR) is 86.8 cm³/mol. The monoisotopic (exact) mass is 325 g/mol. The van der Waals surface area contributed by atoms with Crippen molar-refractivity contribution >= 4 is 11.6 Å². The molecule has 2 aliphatic heterocycles. The lowest BCUT2D eigenvalue weighted by molar-refractivity contribution is -0.122. The molecule has 3 heterocycles. The molecule has 0 atom stereocenters. The molecule has 1 saturated carbocycles. The molecule has 124 valence electrons. The summed E-state index contributed by atoms with van der Waals surface area (Å²) in [7, 11) is 0. The molecule has 2 aromatic rings. The van der Waals surface area contributed by atoms with Gasteiger partial charge in [0.2, 0.25) is 17.7 Å². The van der Waals surface area contributed by atoms with Gasteiger partial charge in [-0.25, -0.2) is 0 Å². The molecule has 2 fully saturated rings. The van der Waals surface area contributed by atoms with Gasteiger partial charge in [0.25, 0.3) is 0 Å². The largest absolute Gasteiger partial charge is 0.420 e. The minimum absolute atomic E-state index is 0.190. The van der Waals surface area contributed by atoms with Gasteiger partial charge < -0.3 is 14.1 Å². The molecule has 0 bridgehead atoms. The summed E-state index contributed by atoms with van der Waals surface area (Å²) in [5, 5.41) is 8.32. The molecule has 3 aliphatic rings. The van der Waals surface area contributed by atoms with E-state index in [-0.39, 0.29) is 11.8 Å². The van der Waals surface area contributed by atoms with Gasteiger partial charge in [0.15, 0.2) is 0 Å². The summed E-state index contributed by atoms with van der Waals surface area (Å²) >= 11 is 0. The molecule has 24 heavy (non-hydrogen) atoms. The first-order valence-electron chi connectivity index (χ1n) is 8.45. The third kappa shape index (κ3) is 1.89. The van der Waals surface area contributed by atoms with Crippen molar-refractivity contribution in [1.29, 1.82) is 0 Å². The highest BCUT2D eigenvalue weighted by Crippen LogP contribution is 2.47. The topological polar surface area (TPSA) is 68.5 Å². The van der Waals surface area contributed by atoms with Crippen LogP contribution >= 0.6 is 0 Å². The number of amides is 1. The molecule has 0 spiro atoms. The molecule has 0 radical (unpaired) electrons. The Kier molecular flexibility index (Phi) is 2.75. The fourth-order valence-electron chi connectivity index (χ4n) is 3.51. The second kappa shape index (κ2) is 4.66. The van der Waals surface area contributed by atoms with Gasteiger partial charge in [-0.2, -0.15) is 0 Å². The summed E-state index contributed by atoms with van der Waals surface area (Å²) in [5.74, 6) is 1.54. The van der Waals surface area contributed by atoms with Crippen LogP contribution in [0.1, 0.15) is 44.1 Å². The lowest BCUT2D eigenvalue weighted by atomic mass is 9.86. The van der Waals surface area contributed by atoms with Crippen molar-refractivity contribution in [2.45, 2.75) is 44.1 Å². The molecule has 1 aromatic heterocycles. The fourth-order valence-corrected chi connectivity index (χ4v) is 3.51. The van der Waals surface area contributed by atoms with Gasteiger partial charge >= 0.3 is 0 Å². The molecule has 0 unspecified atom stereocenters. The summed E-state index contributed by atoms with van der Waals surface area (Å²) in [6.45, 7) is 5.28. The van der Waals surface area contributed by atoms with Gasteiger partial charge in [0, 0.05) is 17.3 Å². The minimum Gasteiger partial charge on any atom is -0.420 e. The van der Waals surface area contributed by atoms with Crippen LogP contribution in [0.3, 0.4) is 0 Å². The Morgan fingerprint density at radius 3 is 2.67 bits per heavy atom. The Labute approximate surface area is 139 Å². The standard InChI is InChI=1S/C18H19N3O3/c1-18(2)13-6-3-10(7-14(13)21(17(18)22)12-4-5-12)15-19-20-16(24-15)11-8-23-9-11/h3,6-7,11-12H,4-5,8-9H2,1-2H3. The van der Waals surface area contributed by atoms with Crippen LogP contribution in [-0.2, 0) is 14.9 Å². The second-order valence-electron chi connectivity index (χ2n) is 7.44. The predicted octanol–water partition coefficient (Wildman–Crippen LogP) is 2.64. The van der Waals surface area contributed by atoms with E-state index < -0.39 is 5.41 Å². The molecule has 1 aliphatic carbocycles. The molecule has 1 aromatic carbocycles. The quantitative estimate of drug-likeness (QED) is 0.868. The summed E-state index contributed by atoms with van der Waals surface area (Å²) in [6.07, 6.45) is 2.16. The SMILES string of the molecule is CC1(C)C(=O)N(C2CC2)c2cc(-c3nnc(C4COC4)o3)ccc21. The number of hydrogen-bond donors (Lipinski definition) is 0. The highest BCUT2D eigenvalue weighted by Gasteiger charge is 2.49. The number of carbonyl (C=O) groups is 1. The number of ether oxygens (including phenoxy) is 1. The van der Waals surface area contributed by atoms with E-state index >= 15 is 0 Å². The van der Waals surface area contributed by atoms with E-state index in [1.165, 1.54) is 0 Å². The van der Waals surface area contributed by atoms with Crippen molar-refractivity contribution in [3.63, 3.8) is 0 Å². The fraction of sp³-hybridized carbons (Fsp3) is 0.500. The van der Waals surface area contributed by atoms with Gasteiger partial charge in [-0.15, -0.1) is 10.2 Å². The zero-order chi connectivity index (χ0) is 16.5. The molecule has 1 saturated heterocycles. The van der Waals surface area contributed by atoms with Crippen LogP contribution in [0.15, 0.2) is 22.6 Å². The number of nitrogens with zero attached hydrogens (tertiary/aromatic N) is 3. The number of aromatic nitrogens is 2. The van der Waals surface area contributed by atoms with Gasteiger partial charge in [-0.3, -0.25) is 4.79 Å². The average Bonchev–Trinajstić information content (AvgIpc) is 3.18. The van der Waals surface area contributed by atoms with Crippen molar-refractivity contribution in [3.8, 4) is 11.5 Å². The first kappa shape index (κ1) is 14.2. The van der Waals surface area contributed by atoms with Crippen molar-refractivity contribution in [3.05, 3.63) is 29.7 Å². The molecule has 1 amide bonds. The molecular weight excluding hydrogens is 306 g/mol. The average molecular weight is 325 g/mol. The summed E-state index contributed by atoms with van der Waals surface area (Å²) in [6, 6.07) is 6.37. The van der Waals surface area contributed by atoms with Gasteiger partial charge in [-0.05, 0) is 44.4 Å². The van der Waals surface area contributed by atoms with Crippen LogP contribution in [0.5, 0.6) is 0 Å². The second-order valence-corrected chi connectivity index (χ2v) is 7.44. The maximum Gasteiger partial charge on any atom is 0.247 e. The Balaban J connectivity index is 1.56. The molecule has 0 N–H and O–H groups in total. The van der Waals surface area contributed by atoms with Gasteiger partial charge in [-0.1, -0.05) is 6.07 Å². The summed E-state index contributed by atoms with van der Waals surface area (Å²) in [5.41, 5.74) is 2.47. The first-order valence-corrected chi connectivity index (χ1v) is 8.45. The molecule has 6 nitrogen and oxygen atoms in total. The maximum atomic E-state index is 12.8. The molecular formula is C18H19N3O3. The minimum atomic E-state index is -0.472. The van der Waals surface area contributed by atoms with Crippen molar-refractivity contribution < 1.29 is 13.9 Å². The normalized spacial score (nSPS) is 22.6. The van der Waals surface area contributed by atoms with Gasteiger partial charge in [0.1, 0.15) is 0 Å². The zero-order valence-corrected chi connectivity index (χ0v) is 13.8. The number of rotatable bonds is 3. The van der Waals surface area contributed by atoms with Crippen molar-refractivity contribution in [1.82, 2.24) is 10.2 Å². The maximum absolute atomic E-state index is 12.8. The Morgan fingerprint density at radius 1 is 1.21 bits per heavy atom. The lowest BCUT2D eigenvalue weighted by Gasteiger charge is -2.21. The van der Waals surface area contributed by atoms with E-state index in [1.807, 2.05) is 36.9 Å². The number of carbonyl (C=O) groups excluding carboxylic acids is 1. The number of hydrogen-bond acceptors (Lipinski definition) is 5. The van der Waals surface area contributed by atoms with Crippen LogP contribution in [-0.4, -0.2) is 35.4 Å². The van der Waals surface area contributed by atoms with Crippen LogP contribution in [0.2, 0.25) is 0 Å². The number of fused-ring (bicyclic) bond motifs is 1. The smallest absolute Gasteiger partial charge is 0.247 e. The van der Waals surface area contributed by atoms with Crippen LogP contribution in [0.25, 0.3) is 11.5 Å². The summed E-state index contributed by atoms with van der Waals surface area (Å²) < 4.78 is 11.0. The van der Waals surface area contributed by atoms with Crippen LogP contribution in [0.4, 0.5) is 5.69 Å². The highest BCUT2D eigenvalue weighted by molar-refractivity contribution is 6.08. The Hall–Kier alpha value is -2.21. The van der Waals surface area contributed by atoms with E-state index in [9.17, 15) is 4.79 Å². The Bertz CT molecular complexity index is 834. The lowest BCUT2D eigenvalue weighted by Crippen LogP contribution is -2.37. The van der Waals surface area contributed by atoms with Crippen molar-refractivity contribution in [2.24, 2.45) is 0 Å². The third-order valence-electron chi connectivity index (χ3n) is 5.27. The van der Waals surface area contributed by atoms with Crippen LogP contribution < -0.4 is 4.90 Å². The van der Waals surface area contributed by atoms with E-state index in [0.717, 1.165) is 29.7 Å². The molecule has 6 heteroatoms. The van der Waals surface area contributed by atoms with E-state index in [4.69, 9.17) is 9.15 Å². The van der Waals surface area contributed by atoms with E-state index in [2.05, 4.69) is 10.2 Å². The molecule has 5 rings (SSSR count). The third-order valence-corrected chi connectivity index (χ3v) is 5.27. The van der Waals surface area contributed by atoms with Crippen LogP contribution in [0, 0.1) is 0 Å². The van der Waals surface area contributed by atoms with E-state index in [1.54, 1.807) is 0 Å².